The average molecular weight is 527 g/mol. The molecule has 1 atom stereocenters. The minimum absolute atomic E-state index is 0.0284. The smallest absolute Gasteiger partial charge is 0.410 e. The molecule has 33 heavy (non-hydrogen) atoms. The highest BCUT2D eigenvalue weighted by atomic mass is 35.6. The zero-order chi connectivity index (χ0) is 24.1. The summed E-state index contributed by atoms with van der Waals surface area (Å²) >= 11 is 17.1. The molecule has 2 aromatic rings. The Morgan fingerprint density at radius 2 is 1.55 bits per heavy atom. The number of amides is 1. The van der Waals surface area contributed by atoms with Crippen LogP contribution in [0.25, 0.3) is 0 Å². The Kier molecular flexibility index (Phi) is 8.57. The van der Waals surface area contributed by atoms with E-state index >= 15 is 0 Å². The number of ether oxygens (including phenoxy) is 1. The largest absolute Gasteiger partial charge is 0.445 e. The van der Waals surface area contributed by atoms with E-state index in [2.05, 4.69) is 75.4 Å². The van der Waals surface area contributed by atoms with Gasteiger partial charge >= 0.3 is 6.09 Å². The van der Waals surface area contributed by atoms with Gasteiger partial charge in [-0.25, -0.2) is 4.79 Å². The summed E-state index contributed by atoms with van der Waals surface area (Å²) in [5, 5.41) is 2.33. The number of benzene rings is 2. The number of alkyl halides is 3. The molecule has 178 valence electrons. The molecule has 1 aliphatic heterocycles. The van der Waals surface area contributed by atoms with Gasteiger partial charge in [0.1, 0.15) is 6.61 Å². The summed E-state index contributed by atoms with van der Waals surface area (Å²) in [5.74, 6) is 0.0284. The Morgan fingerprint density at radius 1 is 1.00 bits per heavy atom. The highest BCUT2D eigenvalue weighted by molar-refractivity contribution is 6.99. The van der Waals surface area contributed by atoms with Crippen LogP contribution < -0.4 is 10.4 Å². The van der Waals surface area contributed by atoms with Crippen molar-refractivity contribution >= 4 is 59.6 Å². The second-order valence-corrected chi connectivity index (χ2v) is 16.1. The molecule has 0 saturated carbocycles. The quantitative estimate of drug-likeness (QED) is 0.281. The number of hydrogen-bond donors (Lipinski definition) is 0. The highest BCUT2D eigenvalue weighted by Crippen LogP contribution is 2.37. The second kappa shape index (κ2) is 10.8. The van der Waals surface area contributed by atoms with E-state index in [0.717, 1.165) is 0 Å². The highest BCUT2D eigenvalue weighted by Gasteiger charge is 2.50. The van der Waals surface area contributed by atoms with Crippen molar-refractivity contribution in [3.63, 3.8) is 0 Å². The van der Waals surface area contributed by atoms with Gasteiger partial charge in [0.25, 0.3) is 8.32 Å². The van der Waals surface area contributed by atoms with Crippen LogP contribution in [0.2, 0.25) is 5.04 Å². The normalized spacial score (nSPS) is 17.2. The van der Waals surface area contributed by atoms with Crippen LogP contribution in [0.15, 0.2) is 72.8 Å². The Bertz CT molecular complexity index is 903. The van der Waals surface area contributed by atoms with Crippen molar-refractivity contribution in [1.82, 2.24) is 4.90 Å². The lowest BCUT2D eigenvalue weighted by Gasteiger charge is -2.44. The molecule has 8 heteroatoms. The third-order valence-corrected chi connectivity index (χ3v) is 11.1. The van der Waals surface area contributed by atoms with Crippen LogP contribution >= 0.6 is 34.8 Å². The van der Waals surface area contributed by atoms with Gasteiger partial charge in [-0.2, -0.15) is 0 Å². The van der Waals surface area contributed by atoms with Crippen molar-refractivity contribution in [2.75, 3.05) is 26.3 Å². The number of carbonyl (C=O) groups is 1. The fourth-order valence-corrected chi connectivity index (χ4v) is 9.07. The van der Waals surface area contributed by atoms with Gasteiger partial charge in [-0.1, -0.05) is 128 Å². The number of halogens is 3. The zero-order valence-electron chi connectivity index (χ0n) is 19.1. The molecule has 0 aliphatic carbocycles. The van der Waals surface area contributed by atoms with Gasteiger partial charge in [0, 0.05) is 25.6 Å². The fourth-order valence-electron chi connectivity index (χ4n) is 4.28. The van der Waals surface area contributed by atoms with Crippen LogP contribution in [0, 0.1) is 5.92 Å². The SMILES string of the molecule is CC(C)(C)[Si](OC[C@@H]1C=CCN(C(=O)OCC(Cl)(Cl)Cl)C1)(c1ccccc1)c1ccccc1. The van der Waals surface area contributed by atoms with Crippen molar-refractivity contribution in [2.45, 2.75) is 29.6 Å². The lowest BCUT2D eigenvalue weighted by Crippen LogP contribution is -2.67. The predicted molar refractivity (Wildman–Crippen MR) is 139 cm³/mol. The number of carbonyl (C=O) groups excluding carboxylic acids is 1. The van der Waals surface area contributed by atoms with Gasteiger partial charge in [0.05, 0.1) is 0 Å². The molecule has 1 aliphatic rings. The Hall–Kier alpha value is -1.50. The van der Waals surface area contributed by atoms with E-state index in [4.69, 9.17) is 44.0 Å². The molecule has 3 rings (SSSR count). The first-order chi connectivity index (χ1) is 15.5. The second-order valence-electron chi connectivity index (χ2n) is 9.24. The number of hydrogen-bond acceptors (Lipinski definition) is 3. The summed E-state index contributed by atoms with van der Waals surface area (Å²) in [6.45, 7) is 7.86. The molecule has 1 amide bonds. The average Bonchev–Trinajstić information content (AvgIpc) is 2.78. The van der Waals surface area contributed by atoms with E-state index in [9.17, 15) is 4.79 Å². The summed E-state index contributed by atoms with van der Waals surface area (Å²) in [6.07, 6.45) is 3.57. The maximum atomic E-state index is 12.5. The van der Waals surface area contributed by atoms with Crippen molar-refractivity contribution in [3.8, 4) is 0 Å². The van der Waals surface area contributed by atoms with Gasteiger partial charge in [0.2, 0.25) is 3.79 Å². The minimum Gasteiger partial charge on any atom is -0.445 e. The third kappa shape index (κ3) is 6.55. The van der Waals surface area contributed by atoms with E-state index in [1.807, 2.05) is 18.2 Å². The van der Waals surface area contributed by atoms with Crippen molar-refractivity contribution < 1.29 is 14.0 Å². The van der Waals surface area contributed by atoms with Gasteiger partial charge in [-0.05, 0) is 15.4 Å². The molecule has 2 aromatic carbocycles. The van der Waals surface area contributed by atoms with E-state index in [1.54, 1.807) is 4.90 Å². The summed E-state index contributed by atoms with van der Waals surface area (Å²) < 4.78 is 10.5. The molecule has 0 spiro atoms. The number of nitrogens with zero attached hydrogens (tertiary/aromatic N) is 1. The van der Waals surface area contributed by atoms with E-state index in [1.165, 1.54) is 10.4 Å². The molecular weight excluding hydrogens is 497 g/mol. The topological polar surface area (TPSA) is 38.8 Å². The van der Waals surface area contributed by atoms with Crippen LogP contribution in [0.4, 0.5) is 4.79 Å². The van der Waals surface area contributed by atoms with Crippen molar-refractivity contribution in [1.29, 1.82) is 0 Å². The standard InChI is InChI=1S/C25H30Cl3NO3Si/c1-24(2,3)33(21-12-6-4-7-13-21,22-14-8-5-9-15-22)32-18-20-11-10-16-29(17-20)23(30)31-19-25(26,27)28/h4-15,20H,16-19H2,1-3H3/t20-/m1/s1. The third-order valence-electron chi connectivity index (χ3n) is 5.74. The molecule has 0 radical (unpaired) electrons. The first kappa shape index (κ1) is 26.1. The predicted octanol–water partition coefficient (Wildman–Crippen LogP) is 5.56. The Labute approximate surface area is 212 Å². The van der Waals surface area contributed by atoms with Crippen LogP contribution in [0.5, 0.6) is 0 Å². The first-order valence-electron chi connectivity index (χ1n) is 10.9. The lowest BCUT2D eigenvalue weighted by molar-refractivity contribution is 0.0978. The fraction of sp³-hybridized carbons (Fsp3) is 0.400. The molecule has 0 unspecified atom stereocenters. The minimum atomic E-state index is -2.64. The molecule has 0 bridgehead atoms. The van der Waals surface area contributed by atoms with Gasteiger partial charge in [-0.3, -0.25) is 0 Å². The zero-order valence-corrected chi connectivity index (χ0v) is 22.4. The van der Waals surface area contributed by atoms with Gasteiger partial charge in [-0.15, -0.1) is 0 Å². The van der Waals surface area contributed by atoms with E-state index in [0.29, 0.717) is 19.7 Å². The van der Waals surface area contributed by atoms with Gasteiger partial charge in [0.15, 0.2) is 0 Å². The molecule has 1 heterocycles. The van der Waals surface area contributed by atoms with Gasteiger partial charge < -0.3 is 14.1 Å². The summed E-state index contributed by atoms with van der Waals surface area (Å²) in [6, 6.07) is 21.0. The monoisotopic (exact) mass is 525 g/mol. The molecular formula is C25H30Cl3NO3Si. The Balaban J connectivity index is 1.83. The summed E-state index contributed by atoms with van der Waals surface area (Å²) in [7, 11) is -2.64. The maximum Gasteiger partial charge on any atom is 0.410 e. The molecule has 4 nitrogen and oxygen atoms in total. The van der Waals surface area contributed by atoms with Crippen LogP contribution in [-0.4, -0.2) is 49.4 Å². The Morgan fingerprint density at radius 3 is 2.03 bits per heavy atom. The molecule has 0 N–H and O–H groups in total. The van der Waals surface area contributed by atoms with E-state index < -0.39 is 18.2 Å². The number of rotatable bonds is 6. The van der Waals surface area contributed by atoms with Crippen molar-refractivity contribution in [3.05, 3.63) is 72.8 Å². The summed E-state index contributed by atoms with van der Waals surface area (Å²) in [4.78, 5) is 14.1. The van der Waals surface area contributed by atoms with E-state index in [-0.39, 0.29) is 17.6 Å². The maximum absolute atomic E-state index is 12.5. The lowest BCUT2D eigenvalue weighted by atomic mass is 10.1. The molecule has 0 aromatic heterocycles. The van der Waals surface area contributed by atoms with Crippen LogP contribution in [0.1, 0.15) is 20.8 Å². The molecule has 0 fully saturated rings. The van der Waals surface area contributed by atoms with Crippen molar-refractivity contribution in [2.24, 2.45) is 5.92 Å². The summed E-state index contributed by atoms with van der Waals surface area (Å²) in [5.41, 5.74) is 0. The molecule has 0 saturated heterocycles. The first-order valence-corrected chi connectivity index (χ1v) is 14.0. The van der Waals surface area contributed by atoms with Crippen LogP contribution in [-0.2, 0) is 9.16 Å². The van der Waals surface area contributed by atoms with Crippen LogP contribution in [0.3, 0.4) is 0 Å².